The number of hydrogen-bond acceptors (Lipinski definition) is 3. The minimum absolute atomic E-state index is 0.0446. The summed E-state index contributed by atoms with van der Waals surface area (Å²) in [6.07, 6.45) is 0. The number of nitrogens with one attached hydrogen (secondary N) is 1. The summed E-state index contributed by atoms with van der Waals surface area (Å²) in [5.41, 5.74) is 1.04. The van der Waals surface area contributed by atoms with E-state index in [2.05, 4.69) is 26.1 Å². The van der Waals surface area contributed by atoms with E-state index in [1.54, 1.807) is 7.11 Å². The summed E-state index contributed by atoms with van der Waals surface area (Å²) in [4.78, 5) is 0. The van der Waals surface area contributed by atoms with E-state index in [1.165, 1.54) is 0 Å². The average Bonchev–Trinajstić information content (AvgIpc) is 2.27. The van der Waals surface area contributed by atoms with Gasteiger partial charge in [-0.25, -0.2) is 0 Å². The van der Waals surface area contributed by atoms with Crippen molar-refractivity contribution in [2.75, 3.05) is 20.3 Å². The first-order valence-corrected chi connectivity index (χ1v) is 6.46. The second kappa shape index (κ2) is 6.98. The molecular weight excluding hydrogens is 250 g/mol. The van der Waals surface area contributed by atoms with Gasteiger partial charge in [0.1, 0.15) is 12.4 Å². The molecule has 0 spiro atoms. The lowest BCUT2D eigenvalue weighted by molar-refractivity contribution is 0.145. The Labute approximate surface area is 114 Å². The van der Waals surface area contributed by atoms with E-state index in [1.807, 2.05) is 18.2 Å². The zero-order chi connectivity index (χ0) is 13.6. The molecule has 0 aromatic heterocycles. The van der Waals surface area contributed by atoms with E-state index in [0.29, 0.717) is 19.8 Å². The first-order valence-electron chi connectivity index (χ1n) is 6.08. The van der Waals surface area contributed by atoms with Crippen molar-refractivity contribution in [1.82, 2.24) is 5.32 Å². The van der Waals surface area contributed by atoms with Crippen molar-refractivity contribution < 1.29 is 9.47 Å². The van der Waals surface area contributed by atoms with Crippen LogP contribution in [0.1, 0.15) is 26.3 Å². The third-order valence-electron chi connectivity index (χ3n) is 2.42. The van der Waals surface area contributed by atoms with Crippen LogP contribution in [0.2, 0.25) is 5.02 Å². The third kappa shape index (κ3) is 5.25. The number of benzene rings is 1. The molecule has 0 saturated carbocycles. The second-order valence-electron chi connectivity index (χ2n) is 5.16. The van der Waals surface area contributed by atoms with Crippen LogP contribution in [0.5, 0.6) is 5.75 Å². The fraction of sp³-hybridized carbons (Fsp3) is 0.571. The number of hydrogen-bond donors (Lipinski definition) is 1. The van der Waals surface area contributed by atoms with Gasteiger partial charge in [0.05, 0.1) is 6.61 Å². The first kappa shape index (κ1) is 15.3. The molecule has 1 aromatic carbocycles. The van der Waals surface area contributed by atoms with Crippen molar-refractivity contribution in [3.8, 4) is 5.75 Å². The third-order valence-corrected chi connectivity index (χ3v) is 2.77. The Balaban J connectivity index is 2.74. The van der Waals surface area contributed by atoms with E-state index in [4.69, 9.17) is 21.1 Å². The van der Waals surface area contributed by atoms with Gasteiger partial charge in [0.2, 0.25) is 0 Å². The molecule has 0 aliphatic rings. The molecule has 3 nitrogen and oxygen atoms in total. The quantitative estimate of drug-likeness (QED) is 0.806. The SMILES string of the molecule is COCCOc1cccc(Cl)c1CNC(C)(C)C. The van der Waals surface area contributed by atoms with Crippen LogP contribution in [0, 0.1) is 0 Å². The van der Waals surface area contributed by atoms with Gasteiger partial charge in [0.25, 0.3) is 0 Å². The maximum Gasteiger partial charge on any atom is 0.125 e. The van der Waals surface area contributed by atoms with Crippen LogP contribution in [0.15, 0.2) is 18.2 Å². The van der Waals surface area contributed by atoms with Gasteiger partial charge in [0, 0.05) is 29.8 Å². The van der Waals surface area contributed by atoms with Crippen molar-refractivity contribution in [2.24, 2.45) is 0 Å². The molecule has 0 aliphatic carbocycles. The number of halogens is 1. The fourth-order valence-corrected chi connectivity index (χ4v) is 1.67. The summed E-state index contributed by atoms with van der Waals surface area (Å²) in [5.74, 6) is 0.816. The Hall–Kier alpha value is -0.770. The maximum absolute atomic E-state index is 6.22. The zero-order valence-electron chi connectivity index (χ0n) is 11.5. The lowest BCUT2D eigenvalue weighted by Gasteiger charge is -2.22. The average molecular weight is 272 g/mol. The molecule has 0 bridgehead atoms. The number of methoxy groups -OCH3 is 1. The lowest BCUT2D eigenvalue weighted by Crippen LogP contribution is -2.35. The molecule has 0 saturated heterocycles. The zero-order valence-corrected chi connectivity index (χ0v) is 12.3. The van der Waals surface area contributed by atoms with Crippen LogP contribution in [0.3, 0.4) is 0 Å². The standard InChI is InChI=1S/C14H22ClNO2/c1-14(2,3)16-10-11-12(15)6-5-7-13(11)18-9-8-17-4/h5-7,16H,8-10H2,1-4H3. The summed E-state index contributed by atoms with van der Waals surface area (Å²) in [6, 6.07) is 5.71. The van der Waals surface area contributed by atoms with E-state index in [0.717, 1.165) is 16.3 Å². The van der Waals surface area contributed by atoms with Gasteiger partial charge >= 0.3 is 0 Å². The fourth-order valence-electron chi connectivity index (χ4n) is 1.43. The molecule has 0 heterocycles. The highest BCUT2D eigenvalue weighted by molar-refractivity contribution is 6.31. The Bertz CT molecular complexity index is 375. The topological polar surface area (TPSA) is 30.5 Å². The first-order chi connectivity index (χ1) is 8.44. The molecule has 0 unspecified atom stereocenters. The maximum atomic E-state index is 6.22. The Morgan fingerprint density at radius 1 is 1.22 bits per heavy atom. The van der Waals surface area contributed by atoms with Crippen LogP contribution in [0.25, 0.3) is 0 Å². The minimum atomic E-state index is 0.0446. The Kier molecular flexibility index (Phi) is 5.93. The summed E-state index contributed by atoms with van der Waals surface area (Å²) < 4.78 is 10.6. The highest BCUT2D eigenvalue weighted by Gasteiger charge is 2.13. The highest BCUT2D eigenvalue weighted by atomic mass is 35.5. The van der Waals surface area contributed by atoms with Gasteiger partial charge in [-0.3, -0.25) is 0 Å². The van der Waals surface area contributed by atoms with E-state index < -0.39 is 0 Å². The van der Waals surface area contributed by atoms with Gasteiger partial charge in [-0.1, -0.05) is 17.7 Å². The number of rotatable bonds is 6. The molecule has 0 fully saturated rings. The molecule has 0 amide bonds. The van der Waals surface area contributed by atoms with Crippen molar-refractivity contribution >= 4 is 11.6 Å². The van der Waals surface area contributed by atoms with Gasteiger partial charge in [-0.15, -0.1) is 0 Å². The summed E-state index contributed by atoms with van der Waals surface area (Å²) in [7, 11) is 1.66. The predicted octanol–water partition coefficient (Wildman–Crippen LogP) is 3.25. The second-order valence-corrected chi connectivity index (χ2v) is 5.57. The normalized spacial score (nSPS) is 11.6. The van der Waals surface area contributed by atoms with Gasteiger partial charge in [-0.05, 0) is 32.9 Å². The monoisotopic (exact) mass is 271 g/mol. The van der Waals surface area contributed by atoms with Gasteiger partial charge < -0.3 is 14.8 Å². The molecule has 102 valence electrons. The summed E-state index contributed by atoms with van der Waals surface area (Å²) in [5, 5.41) is 4.14. The van der Waals surface area contributed by atoms with Gasteiger partial charge in [0.15, 0.2) is 0 Å². The molecule has 4 heteroatoms. The molecule has 1 rings (SSSR count). The van der Waals surface area contributed by atoms with Crippen molar-refractivity contribution in [2.45, 2.75) is 32.9 Å². The van der Waals surface area contributed by atoms with E-state index in [9.17, 15) is 0 Å². The summed E-state index contributed by atoms with van der Waals surface area (Å²) >= 11 is 6.22. The number of ether oxygens (including phenoxy) is 2. The van der Waals surface area contributed by atoms with Gasteiger partial charge in [-0.2, -0.15) is 0 Å². The van der Waals surface area contributed by atoms with Crippen molar-refractivity contribution in [1.29, 1.82) is 0 Å². The lowest BCUT2D eigenvalue weighted by atomic mass is 10.1. The molecule has 1 N–H and O–H groups in total. The Morgan fingerprint density at radius 3 is 2.56 bits per heavy atom. The molecule has 1 aromatic rings. The van der Waals surface area contributed by atoms with E-state index >= 15 is 0 Å². The molecular formula is C14H22ClNO2. The van der Waals surface area contributed by atoms with Crippen molar-refractivity contribution in [3.05, 3.63) is 28.8 Å². The van der Waals surface area contributed by atoms with Crippen LogP contribution in [-0.2, 0) is 11.3 Å². The molecule has 0 aliphatic heterocycles. The van der Waals surface area contributed by atoms with Crippen LogP contribution < -0.4 is 10.1 Å². The largest absolute Gasteiger partial charge is 0.491 e. The Morgan fingerprint density at radius 2 is 1.94 bits per heavy atom. The van der Waals surface area contributed by atoms with Crippen LogP contribution in [-0.4, -0.2) is 25.9 Å². The smallest absolute Gasteiger partial charge is 0.125 e. The summed E-state index contributed by atoms with van der Waals surface area (Å²) in [6.45, 7) is 8.14. The highest BCUT2D eigenvalue weighted by Crippen LogP contribution is 2.26. The molecule has 0 atom stereocenters. The van der Waals surface area contributed by atoms with Crippen molar-refractivity contribution in [3.63, 3.8) is 0 Å². The predicted molar refractivity (Wildman–Crippen MR) is 75.4 cm³/mol. The van der Waals surface area contributed by atoms with E-state index in [-0.39, 0.29) is 5.54 Å². The molecule has 18 heavy (non-hydrogen) atoms. The molecule has 0 radical (unpaired) electrons. The van der Waals surface area contributed by atoms with Crippen LogP contribution in [0.4, 0.5) is 0 Å². The minimum Gasteiger partial charge on any atom is -0.491 e. The van der Waals surface area contributed by atoms with Crippen LogP contribution >= 0.6 is 11.6 Å².